The number of hydrogen-bond donors (Lipinski definition) is 1. The number of nitrogens with one attached hydrogen (secondary N) is 1. The van der Waals surface area contributed by atoms with Gasteiger partial charge in [-0.25, -0.2) is 4.79 Å². The van der Waals surface area contributed by atoms with E-state index >= 15 is 0 Å². The zero-order valence-corrected chi connectivity index (χ0v) is 14.1. The van der Waals surface area contributed by atoms with Crippen LogP contribution in [-0.4, -0.2) is 18.6 Å². The van der Waals surface area contributed by atoms with E-state index in [1.54, 1.807) is 12.1 Å². The average molecular weight is 337 g/mol. The van der Waals surface area contributed by atoms with Crippen molar-refractivity contribution in [2.45, 2.75) is 19.9 Å². The average Bonchev–Trinajstić information content (AvgIpc) is 2.59. The first kappa shape index (κ1) is 16.8. The van der Waals surface area contributed by atoms with Crippen LogP contribution in [0, 0.1) is 0 Å². The van der Waals surface area contributed by atoms with Crippen molar-refractivity contribution in [3.05, 3.63) is 65.0 Å². The zero-order chi connectivity index (χ0) is 17.8. The van der Waals surface area contributed by atoms with Crippen molar-refractivity contribution >= 4 is 16.9 Å². The van der Waals surface area contributed by atoms with Crippen LogP contribution in [0.5, 0.6) is 5.75 Å². The van der Waals surface area contributed by atoms with Crippen molar-refractivity contribution in [2.24, 2.45) is 0 Å². The standard InChI is InChI=1S/C20H19NO4/c1-13(2)21-19(22)12-24-15-8-9-16-17(14-6-4-3-5-7-14)11-20(23)25-18(16)10-15/h3-11,13H,12H2,1-2H3,(H,21,22). The first-order valence-electron chi connectivity index (χ1n) is 8.08. The lowest BCUT2D eigenvalue weighted by atomic mass is 10.0. The molecule has 2 aromatic carbocycles. The molecule has 25 heavy (non-hydrogen) atoms. The number of ether oxygens (including phenoxy) is 1. The lowest BCUT2D eigenvalue weighted by molar-refractivity contribution is -0.123. The van der Waals surface area contributed by atoms with Crippen molar-refractivity contribution in [3.63, 3.8) is 0 Å². The highest BCUT2D eigenvalue weighted by Crippen LogP contribution is 2.29. The topological polar surface area (TPSA) is 68.5 Å². The first-order chi connectivity index (χ1) is 12.0. The molecule has 0 aliphatic carbocycles. The molecule has 0 unspecified atom stereocenters. The highest BCUT2D eigenvalue weighted by molar-refractivity contribution is 5.93. The summed E-state index contributed by atoms with van der Waals surface area (Å²) < 4.78 is 10.8. The molecule has 0 saturated heterocycles. The second-order valence-corrected chi connectivity index (χ2v) is 6.01. The van der Waals surface area contributed by atoms with Gasteiger partial charge in [0.05, 0.1) is 0 Å². The SMILES string of the molecule is CC(C)NC(=O)COc1ccc2c(-c3ccccc3)cc(=O)oc2c1. The summed E-state index contributed by atoms with van der Waals surface area (Å²) in [6.45, 7) is 3.67. The Balaban J connectivity index is 1.91. The molecule has 1 heterocycles. The molecule has 0 bridgehead atoms. The molecule has 5 heteroatoms. The quantitative estimate of drug-likeness (QED) is 0.725. The van der Waals surface area contributed by atoms with Gasteiger partial charge in [-0.15, -0.1) is 0 Å². The highest BCUT2D eigenvalue weighted by Gasteiger charge is 2.10. The monoisotopic (exact) mass is 337 g/mol. The number of rotatable bonds is 5. The van der Waals surface area contributed by atoms with Crippen LogP contribution in [0.25, 0.3) is 22.1 Å². The Kier molecular flexibility index (Phi) is 4.84. The van der Waals surface area contributed by atoms with Crippen molar-refractivity contribution in [3.8, 4) is 16.9 Å². The fourth-order valence-electron chi connectivity index (χ4n) is 2.60. The first-order valence-corrected chi connectivity index (χ1v) is 8.08. The molecule has 128 valence electrons. The predicted molar refractivity (Wildman–Crippen MR) is 96.7 cm³/mol. The number of amides is 1. The van der Waals surface area contributed by atoms with Gasteiger partial charge in [0.15, 0.2) is 6.61 Å². The summed E-state index contributed by atoms with van der Waals surface area (Å²) in [5, 5.41) is 3.56. The number of benzene rings is 2. The third-order valence-electron chi connectivity index (χ3n) is 3.62. The van der Waals surface area contributed by atoms with Crippen molar-refractivity contribution in [2.75, 3.05) is 6.61 Å². The number of carbonyl (C=O) groups excluding carboxylic acids is 1. The zero-order valence-electron chi connectivity index (χ0n) is 14.1. The van der Waals surface area contributed by atoms with E-state index in [4.69, 9.17) is 9.15 Å². The third kappa shape index (κ3) is 4.07. The molecule has 0 spiro atoms. The number of fused-ring (bicyclic) bond motifs is 1. The van der Waals surface area contributed by atoms with Gasteiger partial charge in [0.1, 0.15) is 11.3 Å². The maximum absolute atomic E-state index is 11.9. The van der Waals surface area contributed by atoms with Crippen LogP contribution in [0.3, 0.4) is 0 Å². The lowest BCUT2D eigenvalue weighted by Crippen LogP contribution is -2.34. The van der Waals surface area contributed by atoms with Crippen LogP contribution in [-0.2, 0) is 4.79 Å². The molecule has 0 atom stereocenters. The Morgan fingerprint density at radius 2 is 1.88 bits per heavy atom. The van der Waals surface area contributed by atoms with Crippen LogP contribution < -0.4 is 15.7 Å². The molecule has 0 aliphatic heterocycles. The maximum Gasteiger partial charge on any atom is 0.336 e. The van der Waals surface area contributed by atoms with Gasteiger partial charge in [-0.05, 0) is 37.1 Å². The fourth-order valence-corrected chi connectivity index (χ4v) is 2.60. The molecule has 1 amide bonds. The van der Waals surface area contributed by atoms with Gasteiger partial charge in [-0.1, -0.05) is 30.3 Å². The van der Waals surface area contributed by atoms with Gasteiger partial charge in [-0.3, -0.25) is 4.79 Å². The molecule has 5 nitrogen and oxygen atoms in total. The second kappa shape index (κ2) is 7.21. The van der Waals surface area contributed by atoms with Crippen molar-refractivity contribution in [1.29, 1.82) is 0 Å². The molecule has 1 N–H and O–H groups in total. The van der Waals surface area contributed by atoms with E-state index < -0.39 is 5.63 Å². The van der Waals surface area contributed by atoms with E-state index in [-0.39, 0.29) is 18.6 Å². The smallest absolute Gasteiger partial charge is 0.336 e. The highest BCUT2D eigenvalue weighted by atomic mass is 16.5. The van der Waals surface area contributed by atoms with Crippen LogP contribution in [0.15, 0.2) is 63.8 Å². The molecule has 0 aliphatic rings. The van der Waals surface area contributed by atoms with Crippen LogP contribution in [0.2, 0.25) is 0 Å². The molecule has 3 rings (SSSR count). The number of carbonyl (C=O) groups is 1. The Morgan fingerprint density at radius 3 is 2.60 bits per heavy atom. The van der Waals surface area contributed by atoms with Crippen LogP contribution in [0.4, 0.5) is 0 Å². The number of hydrogen-bond acceptors (Lipinski definition) is 4. The Bertz CT molecular complexity index is 945. The minimum Gasteiger partial charge on any atom is -0.484 e. The molecule has 0 saturated carbocycles. The van der Waals surface area contributed by atoms with Gasteiger partial charge in [0, 0.05) is 23.6 Å². The Hall–Kier alpha value is -3.08. The van der Waals surface area contributed by atoms with Gasteiger partial charge < -0.3 is 14.5 Å². The van der Waals surface area contributed by atoms with E-state index in [0.29, 0.717) is 11.3 Å². The Labute approximate surface area is 145 Å². The lowest BCUT2D eigenvalue weighted by Gasteiger charge is -2.11. The maximum atomic E-state index is 11.9. The molecular weight excluding hydrogens is 318 g/mol. The summed E-state index contributed by atoms with van der Waals surface area (Å²) in [5.41, 5.74) is 1.73. The van der Waals surface area contributed by atoms with Crippen LogP contribution in [0.1, 0.15) is 13.8 Å². The summed E-state index contributed by atoms with van der Waals surface area (Å²) in [6, 6.07) is 16.4. The molecule has 0 fully saturated rings. The Morgan fingerprint density at radius 1 is 1.12 bits per heavy atom. The van der Waals surface area contributed by atoms with Crippen LogP contribution >= 0.6 is 0 Å². The fraction of sp³-hybridized carbons (Fsp3) is 0.200. The van der Waals surface area contributed by atoms with Gasteiger partial charge in [0.25, 0.3) is 5.91 Å². The second-order valence-electron chi connectivity index (χ2n) is 6.01. The van der Waals surface area contributed by atoms with E-state index in [9.17, 15) is 9.59 Å². The van der Waals surface area contributed by atoms with E-state index in [1.165, 1.54) is 6.07 Å². The molecule has 1 aromatic heterocycles. The van der Waals surface area contributed by atoms with Gasteiger partial charge >= 0.3 is 5.63 Å². The van der Waals surface area contributed by atoms with Gasteiger partial charge in [-0.2, -0.15) is 0 Å². The normalized spacial score (nSPS) is 10.8. The van der Waals surface area contributed by atoms with E-state index in [2.05, 4.69) is 5.32 Å². The predicted octanol–water partition coefficient (Wildman–Crippen LogP) is 3.36. The summed E-state index contributed by atoms with van der Waals surface area (Å²) in [7, 11) is 0. The van der Waals surface area contributed by atoms with E-state index in [0.717, 1.165) is 16.5 Å². The molecular formula is C20H19NO4. The molecule has 0 radical (unpaired) electrons. The minimum absolute atomic E-state index is 0.0548. The summed E-state index contributed by atoms with van der Waals surface area (Å²) in [5.74, 6) is 0.273. The summed E-state index contributed by atoms with van der Waals surface area (Å²) in [6.07, 6.45) is 0. The van der Waals surface area contributed by atoms with Crippen molar-refractivity contribution in [1.82, 2.24) is 5.32 Å². The third-order valence-corrected chi connectivity index (χ3v) is 3.62. The molecule has 3 aromatic rings. The summed E-state index contributed by atoms with van der Waals surface area (Å²) in [4.78, 5) is 23.6. The largest absolute Gasteiger partial charge is 0.484 e. The van der Waals surface area contributed by atoms with Gasteiger partial charge in [0.2, 0.25) is 0 Å². The van der Waals surface area contributed by atoms with Crippen molar-refractivity contribution < 1.29 is 13.9 Å². The van der Waals surface area contributed by atoms with E-state index in [1.807, 2.05) is 50.2 Å². The minimum atomic E-state index is -0.430. The summed E-state index contributed by atoms with van der Waals surface area (Å²) >= 11 is 0.